The van der Waals surface area contributed by atoms with E-state index in [4.69, 9.17) is 5.73 Å². The summed E-state index contributed by atoms with van der Waals surface area (Å²) in [4.78, 5) is 60.8. The van der Waals surface area contributed by atoms with E-state index in [2.05, 4.69) is 37.3 Å². The number of amides is 4. The maximum Gasteiger partial charge on any atom is 0.251 e. The summed E-state index contributed by atoms with van der Waals surface area (Å²) < 4.78 is 0. The zero-order chi connectivity index (χ0) is 43.2. The molecule has 61 heavy (non-hydrogen) atoms. The van der Waals surface area contributed by atoms with Gasteiger partial charge < -0.3 is 27.0 Å². The Morgan fingerprint density at radius 3 is 1.79 bits per heavy atom. The molecule has 3 aromatic rings. The van der Waals surface area contributed by atoms with Crippen molar-refractivity contribution in [3.05, 3.63) is 83.7 Å². The third-order valence-corrected chi connectivity index (χ3v) is 14.9. The van der Waals surface area contributed by atoms with Crippen LogP contribution in [-0.2, 0) is 25.9 Å². The third-order valence-electron chi connectivity index (χ3n) is 10.5. The Morgan fingerprint density at radius 2 is 1.26 bits per heavy atom. The highest BCUT2D eigenvalue weighted by atomic mass is 33.1. The van der Waals surface area contributed by atoms with Crippen LogP contribution in [0.4, 0.5) is 0 Å². The molecule has 2 atom stereocenters. The van der Waals surface area contributed by atoms with Crippen molar-refractivity contribution in [1.82, 2.24) is 31.2 Å². The largest absolute Gasteiger partial charge is 0.368 e. The van der Waals surface area contributed by atoms with E-state index in [0.29, 0.717) is 55.8 Å². The number of hydrogen-bond acceptors (Lipinski definition) is 11. The van der Waals surface area contributed by atoms with Crippen LogP contribution in [0.1, 0.15) is 143 Å². The highest BCUT2D eigenvalue weighted by Crippen LogP contribution is 2.35. The van der Waals surface area contributed by atoms with E-state index in [1.807, 2.05) is 48.5 Å². The van der Waals surface area contributed by atoms with Crippen LogP contribution in [0.5, 0.6) is 0 Å². The first-order valence-electron chi connectivity index (χ1n) is 22.3. The molecule has 1 aliphatic heterocycles. The second-order valence-electron chi connectivity index (χ2n) is 15.6. The van der Waals surface area contributed by atoms with Crippen LogP contribution in [0.15, 0.2) is 77.0 Å². The molecular formula is C46H67N7O4S4. The highest BCUT2D eigenvalue weighted by Gasteiger charge is 2.22. The van der Waals surface area contributed by atoms with E-state index in [0.717, 1.165) is 53.4 Å². The van der Waals surface area contributed by atoms with Gasteiger partial charge in [0.15, 0.2) is 0 Å². The van der Waals surface area contributed by atoms with Crippen molar-refractivity contribution in [1.29, 1.82) is 0 Å². The lowest BCUT2D eigenvalue weighted by atomic mass is 10.0. The number of nitrogens with zero attached hydrogens (tertiary/aromatic N) is 2. The first kappa shape index (κ1) is 50.4. The van der Waals surface area contributed by atoms with Gasteiger partial charge >= 0.3 is 0 Å². The number of primary amides is 1. The van der Waals surface area contributed by atoms with Gasteiger partial charge in [-0.3, -0.25) is 19.2 Å². The van der Waals surface area contributed by atoms with E-state index in [1.54, 1.807) is 55.6 Å². The Morgan fingerprint density at radius 1 is 0.721 bits per heavy atom. The molecule has 15 heteroatoms. The second-order valence-corrected chi connectivity index (χ2v) is 20.3. The minimum absolute atomic E-state index is 0.0735. The van der Waals surface area contributed by atoms with Gasteiger partial charge in [-0.1, -0.05) is 117 Å². The zero-order valence-electron chi connectivity index (χ0n) is 35.7. The molecule has 1 aromatic carbocycles. The topological polar surface area (TPSA) is 168 Å². The number of unbranched alkanes of at least 4 members (excludes halogenated alkanes) is 1. The summed E-state index contributed by atoms with van der Waals surface area (Å²) in [5.41, 5.74) is 8.41. The van der Waals surface area contributed by atoms with E-state index in [1.165, 1.54) is 64.2 Å². The van der Waals surface area contributed by atoms with Gasteiger partial charge in [-0.05, 0) is 114 Å². The fourth-order valence-electron chi connectivity index (χ4n) is 7.08. The molecule has 11 nitrogen and oxygen atoms in total. The quantitative estimate of drug-likeness (QED) is 0.0574. The average Bonchev–Trinajstić information content (AvgIpc) is 3.26. The van der Waals surface area contributed by atoms with Gasteiger partial charge in [0.05, 0.1) is 6.04 Å². The Kier molecular flexibility index (Phi) is 26.1. The summed E-state index contributed by atoms with van der Waals surface area (Å²) in [6.07, 6.45) is 22.6. The number of carbonyl (C=O) groups is 4. The predicted molar refractivity (Wildman–Crippen MR) is 255 cm³/mol. The molecular weight excluding hydrogens is 843 g/mol. The maximum absolute atomic E-state index is 13.4. The van der Waals surface area contributed by atoms with Crippen molar-refractivity contribution in [2.75, 3.05) is 19.6 Å². The summed E-state index contributed by atoms with van der Waals surface area (Å²) in [7, 11) is 6.56. The number of benzene rings is 1. The van der Waals surface area contributed by atoms with E-state index >= 15 is 0 Å². The SMILES string of the molecule is NC(=O)C(CCCCNC(=O)c1cc(CSSc2ccccn2)cc(CSSc2ccccn2)c1)NC(=O)CCC1NCCCCCCCCCCCCCCCCNC1=O. The highest BCUT2D eigenvalue weighted by molar-refractivity contribution is 8.76. The number of hydrogen-bond donors (Lipinski definition) is 5. The summed E-state index contributed by atoms with van der Waals surface area (Å²) in [6.45, 7) is 1.77. The predicted octanol–water partition coefficient (Wildman–Crippen LogP) is 9.56. The van der Waals surface area contributed by atoms with Crippen molar-refractivity contribution in [2.24, 2.45) is 5.73 Å². The molecule has 6 N–H and O–H groups in total. The lowest BCUT2D eigenvalue weighted by molar-refractivity contribution is -0.128. The summed E-state index contributed by atoms with van der Waals surface area (Å²) in [5.74, 6) is 0.275. The molecule has 0 radical (unpaired) electrons. The van der Waals surface area contributed by atoms with Gasteiger partial charge in [0, 0.05) is 49.0 Å². The molecule has 2 aromatic heterocycles. The molecule has 0 aliphatic carbocycles. The number of nitrogens with two attached hydrogens (primary N) is 1. The van der Waals surface area contributed by atoms with Crippen LogP contribution in [-0.4, -0.2) is 65.3 Å². The fraction of sp³-hybridized carbons (Fsp3) is 0.565. The van der Waals surface area contributed by atoms with Crippen molar-refractivity contribution in [3.63, 3.8) is 0 Å². The van der Waals surface area contributed by atoms with E-state index < -0.39 is 18.0 Å². The molecule has 1 aliphatic rings. The number of carbonyl (C=O) groups excluding carboxylic acids is 4. The molecule has 334 valence electrons. The van der Waals surface area contributed by atoms with Crippen LogP contribution < -0.4 is 27.0 Å². The van der Waals surface area contributed by atoms with Crippen LogP contribution in [0.3, 0.4) is 0 Å². The average molecular weight is 910 g/mol. The Hall–Kier alpha value is -3.24. The van der Waals surface area contributed by atoms with Crippen LogP contribution in [0, 0.1) is 0 Å². The minimum atomic E-state index is -0.828. The molecule has 4 rings (SSSR count). The number of aromatic nitrogens is 2. The number of rotatable bonds is 19. The fourth-order valence-corrected chi connectivity index (χ4v) is 11.0. The van der Waals surface area contributed by atoms with Crippen molar-refractivity contribution >= 4 is 66.8 Å². The van der Waals surface area contributed by atoms with Crippen molar-refractivity contribution < 1.29 is 19.2 Å². The lowest BCUT2D eigenvalue weighted by Crippen LogP contribution is -2.47. The monoisotopic (exact) mass is 909 g/mol. The molecule has 2 unspecified atom stereocenters. The van der Waals surface area contributed by atoms with Gasteiger partial charge in [0.25, 0.3) is 5.91 Å². The second kappa shape index (κ2) is 31.6. The van der Waals surface area contributed by atoms with Gasteiger partial charge in [0.2, 0.25) is 17.7 Å². The molecule has 4 amide bonds. The van der Waals surface area contributed by atoms with Gasteiger partial charge in [-0.15, -0.1) is 0 Å². The lowest BCUT2D eigenvalue weighted by Gasteiger charge is -2.20. The van der Waals surface area contributed by atoms with Gasteiger partial charge in [-0.25, -0.2) is 9.97 Å². The number of pyridine rings is 2. The van der Waals surface area contributed by atoms with E-state index in [-0.39, 0.29) is 24.1 Å². The van der Waals surface area contributed by atoms with Gasteiger partial charge in [0.1, 0.15) is 16.1 Å². The van der Waals surface area contributed by atoms with E-state index in [9.17, 15) is 19.2 Å². The Labute approximate surface area is 379 Å². The van der Waals surface area contributed by atoms with Crippen LogP contribution in [0.2, 0.25) is 0 Å². The Bertz CT molecular complexity index is 1650. The van der Waals surface area contributed by atoms with Crippen LogP contribution in [0.25, 0.3) is 0 Å². The summed E-state index contributed by atoms with van der Waals surface area (Å²) in [6, 6.07) is 16.4. The third kappa shape index (κ3) is 22.6. The molecule has 1 saturated heterocycles. The molecule has 0 bridgehead atoms. The Balaban J connectivity index is 1.21. The molecule has 3 heterocycles. The normalized spacial score (nSPS) is 17.0. The van der Waals surface area contributed by atoms with Gasteiger partial charge in [-0.2, -0.15) is 0 Å². The first-order chi connectivity index (χ1) is 29.9. The standard InChI is InChI=1S/C46H67N7O4S4/c47-44(55)39(53-41(54)25-24-40-46(57)52-29-17-12-10-8-6-4-2-1-3-5-7-9-11-16-26-48-40)21-13-18-30-51-45(56)38-32-36(34-58-60-42-22-14-19-27-49-42)31-37(33-38)35-59-61-43-23-15-20-28-50-43/h14-15,19-20,22-23,27-28,31-33,39-40,48H,1-13,16-18,21,24-26,29-30,34-35H2,(H2,47,55)(H,51,56)(H,52,57)(H,53,54). The minimum Gasteiger partial charge on any atom is -0.368 e. The van der Waals surface area contributed by atoms with Crippen LogP contribution >= 0.6 is 43.2 Å². The summed E-state index contributed by atoms with van der Waals surface area (Å²) in [5, 5.41) is 14.2. The molecule has 0 spiro atoms. The van der Waals surface area contributed by atoms with Crippen molar-refractivity contribution in [3.8, 4) is 0 Å². The smallest absolute Gasteiger partial charge is 0.251 e. The molecule has 0 saturated carbocycles. The molecule has 1 fully saturated rings. The maximum atomic E-state index is 13.4. The number of nitrogens with one attached hydrogen (secondary N) is 4. The zero-order valence-corrected chi connectivity index (χ0v) is 39.0. The van der Waals surface area contributed by atoms with Crippen molar-refractivity contribution in [2.45, 2.75) is 156 Å². The summed E-state index contributed by atoms with van der Waals surface area (Å²) >= 11 is 0. The first-order valence-corrected chi connectivity index (χ1v) is 26.9.